The monoisotopic (exact) mass is 282 g/mol. The standard InChI is InChI=1S/C13H9F3N2S/c14-13(15,16)10-4-3-8-17-11(10)6-9-19-12-5-1-2-7-18-12/h1-9H/b9-6+. The summed E-state index contributed by atoms with van der Waals surface area (Å²) in [6.45, 7) is 0. The molecule has 0 spiro atoms. The van der Waals surface area contributed by atoms with Crippen molar-refractivity contribution in [1.82, 2.24) is 9.97 Å². The highest BCUT2D eigenvalue weighted by Crippen LogP contribution is 2.31. The molecule has 2 aromatic rings. The average Bonchev–Trinajstić information content (AvgIpc) is 2.39. The zero-order valence-electron chi connectivity index (χ0n) is 9.63. The first-order valence-electron chi connectivity index (χ1n) is 5.34. The maximum absolute atomic E-state index is 12.7. The van der Waals surface area contributed by atoms with E-state index in [1.807, 2.05) is 6.07 Å². The summed E-state index contributed by atoms with van der Waals surface area (Å²) < 4.78 is 38.1. The second-order valence-corrected chi connectivity index (χ2v) is 4.45. The zero-order valence-corrected chi connectivity index (χ0v) is 10.4. The van der Waals surface area contributed by atoms with Crippen molar-refractivity contribution in [2.75, 3.05) is 0 Å². The normalized spacial score (nSPS) is 11.9. The molecule has 6 heteroatoms. The molecule has 0 aliphatic heterocycles. The van der Waals surface area contributed by atoms with Crippen LogP contribution < -0.4 is 0 Å². The first-order valence-corrected chi connectivity index (χ1v) is 6.22. The van der Waals surface area contributed by atoms with Gasteiger partial charge in [-0.25, -0.2) is 4.98 Å². The van der Waals surface area contributed by atoms with Crippen molar-refractivity contribution in [1.29, 1.82) is 0 Å². The lowest BCUT2D eigenvalue weighted by atomic mass is 10.2. The predicted octanol–water partition coefficient (Wildman–Crippen LogP) is 4.26. The van der Waals surface area contributed by atoms with Gasteiger partial charge in [0.05, 0.1) is 11.3 Å². The van der Waals surface area contributed by atoms with Gasteiger partial charge in [-0.2, -0.15) is 13.2 Å². The van der Waals surface area contributed by atoms with Crippen molar-refractivity contribution < 1.29 is 13.2 Å². The van der Waals surface area contributed by atoms with E-state index in [9.17, 15) is 13.2 Å². The van der Waals surface area contributed by atoms with Crippen LogP contribution in [-0.4, -0.2) is 9.97 Å². The SMILES string of the molecule is FC(F)(F)c1cccnc1/C=C/Sc1ccccn1. The van der Waals surface area contributed by atoms with Gasteiger partial charge in [0.15, 0.2) is 0 Å². The van der Waals surface area contributed by atoms with Gasteiger partial charge in [0, 0.05) is 12.4 Å². The molecule has 0 atom stereocenters. The molecule has 19 heavy (non-hydrogen) atoms. The Morgan fingerprint density at radius 1 is 1.00 bits per heavy atom. The molecule has 0 unspecified atom stereocenters. The van der Waals surface area contributed by atoms with Gasteiger partial charge in [0.1, 0.15) is 5.03 Å². The molecule has 2 heterocycles. The highest BCUT2D eigenvalue weighted by molar-refractivity contribution is 8.02. The molecular formula is C13H9F3N2S. The molecule has 0 radical (unpaired) electrons. The van der Waals surface area contributed by atoms with Crippen LogP contribution in [0.3, 0.4) is 0 Å². The summed E-state index contributed by atoms with van der Waals surface area (Å²) in [5.41, 5.74) is -0.841. The van der Waals surface area contributed by atoms with E-state index >= 15 is 0 Å². The van der Waals surface area contributed by atoms with Crippen molar-refractivity contribution in [3.05, 3.63) is 59.4 Å². The quantitative estimate of drug-likeness (QED) is 0.787. The van der Waals surface area contributed by atoms with Gasteiger partial charge < -0.3 is 0 Å². The Bertz CT molecular complexity index is 568. The fraction of sp³-hybridized carbons (Fsp3) is 0.0769. The lowest BCUT2D eigenvalue weighted by Crippen LogP contribution is -2.08. The van der Waals surface area contributed by atoms with Gasteiger partial charge in [-0.1, -0.05) is 17.8 Å². The number of hydrogen-bond acceptors (Lipinski definition) is 3. The summed E-state index contributed by atoms with van der Waals surface area (Å²) in [7, 11) is 0. The average molecular weight is 282 g/mol. The van der Waals surface area contributed by atoms with Gasteiger partial charge in [-0.3, -0.25) is 4.98 Å². The third-order valence-corrected chi connectivity index (χ3v) is 2.95. The minimum atomic E-state index is -4.40. The molecule has 0 aliphatic carbocycles. The summed E-state index contributed by atoms with van der Waals surface area (Å²) in [5.74, 6) is 0. The fourth-order valence-electron chi connectivity index (χ4n) is 1.38. The van der Waals surface area contributed by atoms with Crippen LogP contribution in [0, 0.1) is 0 Å². The Labute approximate surface area is 112 Å². The molecule has 2 aromatic heterocycles. The van der Waals surface area contributed by atoms with Crippen LogP contribution in [0.15, 0.2) is 53.2 Å². The maximum Gasteiger partial charge on any atom is 0.418 e. The molecule has 0 amide bonds. The van der Waals surface area contributed by atoms with E-state index < -0.39 is 11.7 Å². The molecule has 0 saturated heterocycles. The largest absolute Gasteiger partial charge is 0.418 e. The molecular weight excluding hydrogens is 273 g/mol. The summed E-state index contributed by atoms with van der Waals surface area (Å²) in [6.07, 6.45) is -0.107. The Morgan fingerprint density at radius 2 is 1.79 bits per heavy atom. The number of pyridine rings is 2. The number of hydrogen-bond donors (Lipinski definition) is 0. The van der Waals surface area contributed by atoms with Crippen LogP contribution in [0.4, 0.5) is 13.2 Å². The van der Waals surface area contributed by atoms with E-state index in [1.54, 1.807) is 23.7 Å². The number of alkyl halides is 3. The third kappa shape index (κ3) is 3.82. The summed E-state index contributed by atoms with van der Waals surface area (Å²) in [5, 5.41) is 2.25. The Balaban J connectivity index is 2.16. The highest BCUT2D eigenvalue weighted by Gasteiger charge is 2.33. The first-order chi connectivity index (χ1) is 9.07. The lowest BCUT2D eigenvalue weighted by molar-refractivity contribution is -0.138. The van der Waals surface area contributed by atoms with Gasteiger partial charge in [0.2, 0.25) is 0 Å². The molecule has 0 aliphatic rings. The molecule has 0 aromatic carbocycles. The zero-order chi connectivity index (χ0) is 13.7. The molecule has 0 saturated carbocycles. The smallest absolute Gasteiger partial charge is 0.256 e. The van der Waals surface area contributed by atoms with Crippen molar-refractivity contribution in [3.63, 3.8) is 0 Å². The van der Waals surface area contributed by atoms with Crippen molar-refractivity contribution in [2.24, 2.45) is 0 Å². The summed E-state index contributed by atoms with van der Waals surface area (Å²) >= 11 is 1.24. The predicted molar refractivity (Wildman–Crippen MR) is 68.4 cm³/mol. The molecule has 2 rings (SSSR count). The fourth-order valence-corrected chi connectivity index (χ4v) is 1.99. The Morgan fingerprint density at radius 3 is 2.47 bits per heavy atom. The maximum atomic E-state index is 12.7. The van der Waals surface area contributed by atoms with E-state index in [1.165, 1.54) is 30.1 Å². The van der Waals surface area contributed by atoms with Gasteiger partial charge >= 0.3 is 6.18 Å². The summed E-state index contributed by atoms with van der Waals surface area (Å²) in [6, 6.07) is 7.64. The first kappa shape index (κ1) is 13.6. The lowest BCUT2D eigenvalue weighted by Gasteiger charge is -2.08. The van der Waals surface area contributed by atoms with Crippen molar-refractivity contribution in [2.45, 2.75) is 11.2 Å². The highest BCUT2D eigenvalue weighted by atomic mass is 32.2. The van der Waals surface area contributed by atoms with E-state index in [4.69, 9.17) is 0 Å². The van der Waals surface area contributed by atoms with Gasteiger partial charge in [0.25, 0.3) is 0 Å². The molecule has 0 bridgehead atoms. The topological polar surface area (TPSA) is 25.8 Å². The van der Waals surface area contributed by atoms with E-state index in [0.717, 1.165) is 6.07 Å². The number of nitrogens with zero attached hydrogens (tertiary/aromatic N) is 2. The van der Waals surface area contributed by atoms with Crippen molar-refractivity contribution in [3.8, 4) is 0 Å². The summed E-state index contributed by atoms with van der Waals surface area (Å²) in [4.78, 5) is 7.79. The second kappa shape index (κ2) is 5.88. The van der Waals surface area contributed by atoms with Crippen molar-refractivity contribution >= 4 is 17.8 Å². The van der Waals surface area contributed by atoms with Crippen LogP contribution in [-0.2, 0) is 6.18 Å². The van der Waals surface area contributed by atoms with Crippen LogP contribution >= 0.6 is 11.8 Å². The molecule has 0 fully saturated rings. The van der Waals surface area contributed by atoms with Crippen LogP contribution in [0.2, 0.25) is 0 Å². The molecule has 2 nitrogen and oxygen atoms in total. The van der Waals surface area contributed by atoms with Gasteiger partial charge in [-0.15, -0.1) is 0 Å². The van der Waals surface area contributed by atoms with Gasteiger partial charge in [-0.05, 0) is 35.7 Å². The van der Waals surface area contributed by atoms with E-state index in [0.29, 0.717) is 5.03 Å². The molecule has 98 valence electrons. The minimum Gasteiger partial charge on any atom is -0.256 e. The number of halogens is 3. The minimum absolute atomic E-state index is 0.0987. The second-order valence-electron chi connectivity index (χ2n) is 3.52. The molecule has 0 N–H and O–H groups in total. The number of thioether (sulfide) groups is 1. The Hall–Kier alpha value is -1.82. The van der Waals surface area contributed by atoms with E-state index in [-0.39, 0.29) is 5.69 Å². The number of rotatable bonds is 3. The number of aromatic nitrogens is 2. The van der Waals surface area contributed by atoms with Crippen LogP contribution in [0.1, 0.15) is 11.3 Å². The van der Waals surface area contributed by atoms with E-state index in [2.05, 4.69) is 9.97 Å². The van der Waals surface area contributed by atoms with Crippen LogP contribution in [0.25, 0.3) is 6.08 Å². The van der Waals surface area contributed by atoms with Crippen LogP contribution in [0.5, 0.6) is 0 Å². The third-order valence-electron chi connectivity index (χ3n) is 2.20. The Kier molecular flexibility index (Phi) is 4.21.